The molecule has 0 fully saturated rings. The molecule has 0 aliphatic carbocycles. The first kappa shape index (κ1) is 17.9. The van der Waals surface area contributed by atoms with Crippen LogP contribution in [0.4, 0.5) is 0 Å². The van der Waals surface area contributed by atoms with Gasteiger partial charge in [-0.25, -0.2) is 9.78 Å². The summed E-state index contributed by atoms with van der Waals surface area (Å²) in [6.07, 6.45) is 3.96. The highest BCUT2D eigenvalue weighted by molar-refractivity contribution is 7.20. The summed E-state index contributed by atoms with van der Waals surface area (Å²) in [7, 11) is 0. The molecule has 0 saturated heterocycles. The molecule has 0 spiro atoms. The number of hydrogen-bond acceptors (Lipinski definition) is 5. The van der Waals surface area contributed by atoms with E-state index in [9.17, 15) is 9.59 Å². The summed E-state index contributed by atoms with van der Waals surface area (Å²) in [5.41, 5.74) is 2.66. The van der Waals surface area contributed by atoms with E-state index in [1.807, 2.05) is 32.9 Å². The molecule has 140 valence electrons. The lowest BCUT2D eigenvalue weighted by Crippen LogP contribution is -2.24. The lowest BCUT2D eigenvalue weighted by atomic mass is 10.1. The minimum Gasteiger partial charge on any atom is -0.422 e. The van der Waals surface area contributed by atoms with Crippen molar-refractivity contribution in [2.75, 3.05) is 0 Å². The summed E-state index contributed by atoms with van der Waals surface area (Å²) in [5.74, 6) is 0.950. The van der Waals surface area contributed by atoms with E-state index in [1.165, 1.54) is 11.3 Å². The molecular weight excluding hydrogens is 360 g/mol. The fourth-order valence-corrected chi connectivity index (χ4v) is 4.73. The van der Waals surface area contributed by atoms with Gasteiger partial charge < -0.3 is 4.74 Å². The molecule has 5 nitrogen and oxygen atoms in total. The number of rotatable bonds is 2. The number of ether oxygens (including phenoxy) is 1. The Morgan fingerprint density at radius 1 is 1.19 bits per heavy atom. The number of thiophene rings is 1. The van der Waals surface area contributed by atoms with Crippen LogP contribution >= 0.6 is 11.3 Å². The number of fused-ring (bicyclic) bond motifs is 2. The maximum atomic E-state index is 13.0. The average molecular weight is 382 g/mol. The van der Waals surface area contributed by atoms with E-state index < -0.39 is 5.97 Å². The van der Waals surface area contributed by atoms with Crippen LogP contribution in [0.1, 0.15) is 51.4 Å². The van der Waals surface area contributed by atoms with Crippen LogP contribution in [0.15, 0.2) is 23.0 Å². The van der Waals surface area contributed by atoms with Crippen molar-refractivity contribution in [1.29, 1.82) is 0 Å². The Bertz CT molecular complexity index is 1110. The van der Waals surface area contributed by atoms with Crippen molar-refractivity contribution >= 4 is 27.5 Å². The molecule has 1 aliphatic rings. The third-order valence-electron chi connectivity index (χ3n) is 5.13. The highest BCUT2D eigenvalue weighted by Gasteiger charge is 2.23. The molecule has 1 aromatic carbocycles. The molecule has 3 aromatic rings. The molecular formula is C21H22N2O3S. The van der Waals surface area contributed by atoms with Crippen LogP contribution < -0.4 is 10.3 Å². The van der Waals surface area contributed by atoms with Crippen LogP contribution in [-0.4, -0.2) is 15.5 Å². The van der Waals surface area contributed by atoms with Crippen molar-refractivity contribution in [2.24, 2.45) is 0 Å². The van der Waals surface area contributed by atoms with Crippen LogP contribution in [0.2, 0.25) is 0 Å². The summed E-state index contributed by atoms with van der Waals surface area (Å²) < 4.78 is 7.40. The van der Waals surface area contributed by atoms with E-state index in [1.54, 1.807) is 10.6 Å². The van der Waals surface area contributed by atoms with Gasteiger partial charge in [-0.3, -0.25) is 9.36 Å². The third-order valence-corrected chi connectivity index (χ3v) is 6.30. The van der Waals surface area contributed by atoms with Crippen molar-refractivity contribution in [3.8, 4) is 5.75 Å². The van der Waals surface area contributed by atoms with E-state index in [-0.39, 0.29) is 5.56 Å². The molecule has 2 aromatic heterocycles. The molecule has 0 atom stereocenters. The molecule has 0 amide bonds. The second-order valence-corrected chi connectivity index (χ2v) is 8.19. The molecule has 0 saturated carbocycles. The van der Waals surface area contributed by atoms with Gasteiger partial charge in [0.1, 0.15) is 21.3 Å². The minimum absolute atomic E-state index is 0.0313. The lowest BCUT2D eigenvalue weighted by molar-refractivity contribution is 0.0738. The molecule has 3 heterocycles. The van der Waals surface area contributed by atoms with E-state index in [4.69, 9.17) is 9.72 Å². The van der Waals surface area contributed by atoms with Gasteiger partial charge in [0, 0.05) is 13.0 Å². The zero-order valence-electron chi connectivity index (χ0n) is 15.8. The fraction of sp³-hybridized carbons (Fsp3) is 0.381. The van der Waals surface area contributed by atoms with Crippen molar-refractivity contribution in [3.63, 3.8) is 0 Å². The highest BCUT2D eigenvalue weighted by atomic mass is 32.1. The normalized spacial score (nSPS) is 14.0. The maximum Gasteiger partial charge on any atom is 0.354 e. The van der Waals surface area contributed by atoms with Gasteiger partial charge in [-0.2, -0.15) is 0 Å². The maximum absolute atomic E-state index is 13.0. The van der Waals surface area contributed by atoms with Crippen LogP contribution in [0, 0.1) is 20.8 Å². The molecule has 0 bridgehead atoms. The molecule has 27 heavy (non-hydrogen) atoms. The first-order chi connectivity index (χ1) is 13.0. The van der Waals surface area contributed by atoms with Gasteiger partial charge in [0.15, 0.2) is 0 Å². The van der Waals surface area contributed by atoms with Gasteiger partial charge in [0.05, 0.1) is 5.39 Å². The van der Waals surface area contributed by atoms with Crippen molar-refractivity contribution in [1.82, 2.24) is 9.55 Å². The van der Waals surface area contributed by atoms with E-state index in [0.29, 0.717) is 33.0 Å². The van der Waals surface area contributed by atoms with E-state index in [2.05, 4.69) is 0 Å². The second-order valence-electron chi connectivity index (χ2n) is 7.19. The Balaban J connectivity index is 1.76. The Kier molecular flexibility index (Phi) is 4.60. The predicted molar refractivity (Wildman–Crippen MR) is 107 cm³/mol. The van der Waals surface area contributed by atoms with Crippen LogP contribution in [0.5, 0.6) is 5.75 Å². The number of aromatic nitrogens is 2. The van der Waals surface area contributed by atoms with E-state index in [0.717, 1.165) is 42.6 Å². The Hall–Kier alpha value is -2.47. The van der Waals surface area contributed by atoms with E-state index >= 15 is 0 Å². The largest absolute Gasteiger partial charge is 0.422 e. The van der Waals surface area contributed by atoms with Crippen molar-refractivity contribution < 1.29 is 9.53 Å². The third kappa shape index (κ3) is 3.18. The number of hydrogen-bond donors (Lipinski definition) is 0. The Morgan fingerprint density at radius 3 is 2.78 bits per heavy atom. The molecule has 0 radical (unpaired) electrons. The summed E-state index contributed by atoms with van der Waals surface area (Å²) in [6.45, 7) is 6.43. The van der Waals surface area contributed by atoms with Crippen molar-refractivity contribution in [2.45, 2.75) is 53.0 Å². The highest BCUT2D eigenvalue weighted by Crippen LogP contribution is 2.30. The number of esters is 1. The number of benzene rings is 1. The summed E-state index contributed by atoms with van der Waals surface area (Å²) in [5, 5.41) is 0.554. The number of aryl methyl sites for hydroxylation is 4. The summed E-state index contributed by atoms with van der Waals surface area (Å²) in [4.78, 5) is 31.6. The number of nitrogens with zero attached hydrogens (tertiary/aromatic N) is 2. The van der Waals surface area contributed by atoms with Gasteiger partial charge in [-0.05, 0) is 50.8 Å². The fourth-order valence-electron chi connectivity index (χ4n) is 3.66. The predicted octanol–water partition coefficient (Wildman–Crippen LogP) is 4.33. The zero-order chi connectivity index (χ0) is 19.1. The summed E-state index contributed by atoms with van der Waals surface area (Å²) >= 11 is 1.26. The van der Waals surface area contributed by atoms with Crippen LogP contribution in [-0.2, 0) is 13.0 Å². The molecule has 1 aliphatic heterocycles. The standard InChI is InChI=1S/C21H22N2O3S/c1-12-8-9-15(13(2)11-12)26-21(25)18-14(3)17-19(27-18)22-16-7-5-4-6-10-23(16)20(17)24/h8-9,11H,4-7,10H2,1-3H3. The number of carbonyl (C=O) groups excluding carboxylic acids is 1. The van der Waals surface area contributed by atoms with Gasteiger partial charge in [0.25, 0.3) is 5.56 Å². The first-order valence-corrected chi connectivity index (χ1v) is 10.1. The quantitative estimate of drug-likeness (QED) is 0.489. The van der Waals surface area contributed by atoms with Crippen LogP contribution in [0.25, 0.3) is 10.2 Å². The van der Waals surface area contributed by atoms with Gasteiger partial charge >= 0.3 is 5.97 Å². The van der Waals surface area contributed by atoms with Crippen LogP contribution in [0.3, 0.4) is 0 Å². The number of carbonyl (C=O) groups is 1. The smallest absolute Gasteiger partial charge is 0.354 e. The van der Waals surface area contributed by atoms with Gasteiger partial charge in [-0.15, -0.1) is 11.3 Å². The second kappa shape index (κ2) is 6.93. The van der Waals surface area contributed by atoms with Gasteiger partial charge in [-0.1, -0.05) is 24.1 Å². The molecule has 4 rings (SSSR count). The van der Waals surface area contributed by atoms with Gasteiger partial charge in [0.2, 0.25) is 0 Å². The molecule has 0 unspecified atom stereocenters. The monoisotopic (exact) mass is 382 g/mol. The average Bonchev–Trinajstić information content (AvgIpc) is 2.79. The molecule has 0 N–H and O–H groups in total. The van der Waals surface area contributed by atoms with Crippen molar-refractivity contribution in [3.05, 3.63) is 55.9 Å². The lowest BCUT2D eigenvalue weighted by Gasteiger charge is -2.08. The Labute approximate surface area is 161 Å². The SMILES string of the molecule is Cc1ccc(OC(=O)c2sc3nc4n(c(=O)c3c2C)CCCCC4)c(C)c1. The zero-order valence-corrected chi connectivity index (χ0v) is 16.6. The minimum atomic E-state index is -0.429. The Morgan fingerprint density at radius 2 is 2.00 bits per heavy atom. The summed E-state index contributed by atoms with van der Waals surface area (Å²) in [6, 6.07) is 5.70. The molecule has 6 heteroatoms. The topological polar surface area (TPSA) is 61.2 Å². The first-order valence-electron chi connectivity index (χ1n) is 9.28.